The first-order valence-electron chi connectivity index (χ1n) is 6.06. The lowest BCUT2D eigenvalue weighted by Gasteiger charge is -2.05. The first-order valence-corrected chi connectivity index (χ1v) is 7.14. The number of nitrogens with one attached hydrogen (secondary N) is 2. The van der Waals surface area contributed by atoms with E-state index >= 15 is 0 Å². The van der Waals surface area contributed by atoms with Gasteiger partial charge < -0.3 is 11.1 Å². The summed E-state index contributed by atoms with van der Waals surface area (Å²) >= 11 is 2.17. The molecule has 19 heavy (non-hydrogen) atoms. The van der Waals surface area contributed by atoms with E-state index in [1.165, 1.54) is 0 Å². The highest BCUT2D eigenvalue weighted by atomic mass is 127. The third-order valence-corrected chi connectivity index (χ3v) is 4.10. The minimum Gasteiger partial charge on any atom is -0.395 e. The van der Waals surface area contributed by atoms with Crippen LogP contribution in [0.25, 0.3) is 0 Å². The van der Waals surface area contributed by atoms with Crippen molar-refractivity contribution in [2.45, 2.75) is 18.8 Å². The second-order valence-electron chi connectivity index (χ2n) is 4.61. The number of aromatic amines is 1. The molecule has 1 fully saturated rings. The van der Waals surface area contributed by atoms with Crippen LogP contribution in [0.4, 0.5) is 11.4 Å². The van der Waals surface area contributed by atoms with E-state index in [0.717, 1.165) is 27.8 Å². The summed E-state index contributed by atoms with van der Waals surface area (Å²) in [5, 5.41) is 9.75. The predicted octanol–water partition coefficient (Wildman–Crippen LogP) is 2.73. The Hall–Kier alpha value is -1.57. The number of amides is 1. The summed E-state index contributed by atoms with van der Waals surface area (Å²) in [7, 11) is 0. The van der Waals surface area contributed by atoms with E-state index in [1.54, 1.807) is 0 Å². The molecule has 6 heteroatoms. The van der Waals surface area contributed by atoms with Gasteiger partial charge in [0.05, 0.1) is 17.1 Å². The Bertz CT molecular complexity index is 633. The van der Waals surface area contributed by atoms with E-state index in [2.05, 4.69) is 38.1 Å². The van der Waals surface area contributed by atoms with Crippen LogP contribution in [0.1, 0.15) is 34.9 Å². The number of rotatable bonds is 3. The molecule has 1 heterocycles. The van der Waals surface area contributed by atoms with Crippen molar-refractivity contribution >= 4 is 39.9 Å². The number of nitrogens with two attached hydrogens (primary N) is 1. The first-order chi connectivity index (χ1) is 9.16. The highest BCUT2D eigenvalue weighted by Gasteiger charge is 2.30. The highest BCUT2D eigenvalue weighted by molar-refractivity contribution is 14.1. The molecule has 98 valence electrons. The zero-order valence-electron chi connectivity index (χ0n) is 10.1. The number of para-hydroxylation sites is 1. The standard InChI is InChI=1S/C13H13IN4O/c14-8-3-1-2-4-9(8)16-13(19)12-10(15)11(17-18-12)7-5-6-7/h1-4,7H,5-6,15H2,(H,16,19)(H,17,18). The summed E-state index contributed by atoms with van der Waals surface area (Å²) in [5.74, 6) is 0.177. The van der Waals surface area contributed by atoms with Gasteiger partial charge in [-0.15, -0.1) is 0 Å². The Balaban J connectivity index is 1.82. The van der Waals surface area contributed by atoms with Crippen molar-refractivity contribution in [2.24, 2.45) is 0 Å². The lowest BCUT2D eigenvalue weighted by molar-refractivity contribution is 0.102. The predicted molar refractivity (Wildman–Crippen MR) is 82.1 cm³/mol. The molecule has 1 saturated carbocycles. The van der Waals surface area contributed by atoms with Crippen molar-refractivity contribution in [1.82, 2.24) is 10.2 Å². The van der Waals surface area contributed by atoms with Gasteiger partial charge in [-0.2, -0.15) is 5.10 Å². The Morgan fingerprint density at radius 2 is 2.16 bits per heavy atom. The van der Waals surface area contributed by atoms with E-state index in [9.17, 15) is 4.79 Å². The Kier molecular flexibility index (Phi) is 3.17. The molecule has 1 aliphatic rings. The van der Waals surface area contributed by atoms with Crippen molar-refractivity contribution in [3.63, 3.8) is 0 Å². The number of nitrogen functional groups attached to an aromatic ring is 1. The molecule has 4 N–H and O–H groups in total. The Morgan fingerprint density at radius 3 is 2.84 bits per heavy atom. The third-order valence-electron chi connectivity index (χ3n) is 3.16. The molecule has 2 aromatic rings. The molecule has 1 aromatic carbocycles. The SMILES string of the molecule is Nc1c(C(=O)Nc2ccccc2I)n[nH]c1C1CC1. The molecule has 0 unspecified atom stereocenters. The fourth-order valence-electron chi connectivity index (χ4n) is 1.96. The zero-order valence-corrected chi connectivity index (χ0v) is 12.3. The molecule has 0 aliphatic heterocycles. The van der Waals surface area contributed by atoms with Crippen LogP contribution < -0.4 is 11.1 Å². The van der Waals surface area contributed by atoms with Crippen LogP contribution >= 0.6 is 22.6 Å². The number of carbonyl (C=O) groups is 1. The monoisotopic (exact) mass is 368 g/mol. The number of anilines is 2. The smallest absolute Gasteiger partial charge is 0.278 e. The summed E-state index contributed by atoms with van der Waals surface area (Å²) in [6, 6.07) is 7.58. The van der Waals surface area contributed by atoms with Crippen LogP contribution in [0.15, 0.2) is 24.3 Å². The molecule has 5 nitrogen and oxygen atoms in total. The summed E-state index contributed by atoms with van der Waals surface area (Å²) in [6.07, 6.45) is 2.23. The van der Waals surface area contributed by atoms with Crippen LogP contribution in [0.3, 0.4) is 0 Å². The van der Waals surface area contributed by atoms with E-state index in [0.29, 0.717) is 11.6 Å². The summed E-state index contributed by atoms with van der Waals surface area (Å²) in [6.45, 7) is 0. The van der Waals surface area contributed by atoms with E-state index in [1.807, 2.05) is 24.3 Å². The van der Waals surface area contributed by atoms with Gasteiger partial charge in [0.2, 0.25) is 0 Å². The van der Waals surface area contributed by atoms with Gasteiger partial charge >= 0.3 is 0 Å². The number of nitrogens with zero attached hydrogens (tertiary/aromatic N) is 1. The minimum absolute atomic E-state index is 0.273. The van der Waals surface area contributed by atoms with Crippen LogP contribution in [-0.4, -0.2) is 16.1 Å². The molecule has 0 atom stereocenters. The Morgan fingerprint density at radius 1 is 1.42 bits per heavy atom. The molecule has 0 bridgehead atoms. The van der Waals surface area contributed by atoms with Gasteiger partial charge in [-0.25, -0.2) is 0 Å². The topological polar surface area (TPSA) is 83.8 Å². The van der Waals surface area contributed by atoms with Gasteiger partial charge in [-0.3, -0.25) is 9.89 Å². The van der Waals surface area contributed by atoms with Gasteiger partial charge in [-0.1, -0.05) is 12.1 Å². The maximum atomic E-state index is 12.2. The fraction of sp³-hybridized carbons (Fsp3) is 0.231. The summed E-state index contributed by atoms with van der Waals surface area (Å²) in [5.41, 5.74) is 8.40. The fourth-order valence-corrected chi connectivity index (χ4v) is 2.49. The molecular weight excluding hydrogens is 355 g/mol. The second kappa shape index (κ2) is 4.84. The maximum absolute atomic E-state index is 12.2. The molecule has 0 spiro atoms. The maximum Gasteiger partial charge on any atom is 0.278 e. The minimum atomic E-state index is -0.273. The number of hydrogen-bond acceptors (Lipinski definition) is 3. The van der Waals surface area contributed by atoms with Crippen molar-refractivity contribution in [3.05, 3.63) is 39.2 Å². The molecule has 3 rings (SSSR count). The largest absolute Gasteiger partial charge is 0.395 e. The molecule has 1 aliphatic carbocycles. The van der Waals surface area contributed by atoms with E-state index in [4.69, 9.17) is 5.73 Å². The summed E-state index contributed by atoms with van der Waals surface area (Å²) < 4.78 is 0.977. The Labute approximate surface area is 124 Å². The van der Waals surface area contributed by atoms with Gasteiger partial charge in [0.1, 0.15) is 0 Å². The van der Waals surface area contributed by atoms with Crippen LogP contribution in [0.2, 0.25) is 0 Å². The first kappa shape index (κ1) is 12.5. The van der Waals surface area contributed by atoms with Crippen molar-refractivity contribution in [2.75, 3.05) is 11.1 Å². The number of aromatic nitrogens is 2. The van der Waals surface area contributed by atoms with E-state index < -0.39 is 0 Å². The summed E-state index contributed by atoms with van der Waals surface area (Å²) in [4.78, 5) is 12.2. The number of carbonyl (C=O) groups excluding carboxylic acids is 1. The third kappa shape index (κ3) is 2.44. The van der Waals surface area contributed by atoms with Gasteiger partial charge in [0.25, 0.3) is 5.91 Å². The number of benzene rings is 1. The lowest BCUT2D eigenvalue weighted by Crippen LogP contribution is -2.15. The zero-order chi connectivity index (χ0) is 13.4. The van der Waals surface area contributed by atoms with Crippen molar-refractivity contribution in [1.29, 1.82) is 0 Å². The van der Waals surface area contributed by atoms with Gasteiger partial charge in [0.15, 0.2) is 5.69 Å². The molecular formula is C13H13IN4O. The lowest BCUT2D eigenvalue weighted by atomic mass is 10.2. The van der Waals surface area contributed by atoms with Crippen molar-refractivity contribution < 1.29 is 4.79 Å². The molecule has 1 amide bonds. The van der Waals surface area contributed by atoms with Crippen LogP contribution in [-0.2, 0) is 0 Å². The second-order valence-corrected chi connectivity index (χ2v) is 5.77. The number of H-pyrrole nitrogens is 1. The number of hydrogen-bond donors (Lipinski definition) is 3. The van der Waals surface area contributed by atoms with Crippen LogP contribution in [0, 0.1) is 3.57 Å². The van der Waals surface area contributed by atoms with Crippen LogP contribution in [0.5, 0.6) is 0 Å². The average Bonchev–Trinajstić information content (AvgIpc) is 3.15. The normalized spacial score (nSPS) is 14.4. The quantitative estimate of drug-likeness (QED) is 0.729. The van der Waals surface area contributed by atoms with Gasteiger partial charge in [-0.05, 0) is 47.6 Å². The number of halogens is 1. The highest BCUT2D eigenvalue weighted by Crippen LogP contribution is 2.42. The van der Waals surface area contributed by atoms with E-state index in [-0.39, 0.29) is 11.6 Å². The molecule has 1 aromatic heterocycles. The average molecular weight is 368 g/mol. The molecule has 0 radical (unpaired) electrons. The van der Waals surface area contributed by atoms with Crippen molar-refractivity contribution in [3.8, 4) is 0 Å². The molecule has 0 saturated heterocycles. The van der Waals surface area contributed by atoms with Gasteiger partial charge in [0, 0.05) is 9.49 Å².